The van der Waals surface area contributed by atoms with Crippen LogP contribution in [0, 0.1) is 18.3 Å². The van der Waals surface area contributed by atoms with Gasteiger partial charge < -0.3 is 9.88 Å². The number of rotatable bonds is 3. The normalized spacial score (nSPS) is 13.3. The first-order chi connectivity index (χ1) is 13.7. The zero-order valence-corrected chi connectivity index (χ0v) is 15.9. The molecule has 1 aliphatic rings. The summed E-state index contributed by atoms with van der Waals surface area (Å²) in [4.78, 5) is 17.8. The fourth-order valence-corrected chi connectivity index (χ4v) is 3.68. The number of nitriles is 1. The third-order valence-electron chi connectivity index (χ3n) is 5.14. The molecule has 5 heteroatoms. The highest BCUT2D eigenvalue weighted by Crippen LogP contribution is 2.28. The Bertz CT molecular complexity index is 1060. The summed E-state index contributed by atoms with van der Waals surface area (Å²) >= 11 is 0. The molecule has 0 unspecified atom stereocenters. The highest BCUT2D eigenvalue weighted by molar-refractivity contribution is 6.04. The molecule has 1 aromatic heterocycles. The van der Waals surface area contributed by atoms with Crippen LogP contribution in [-0.4, -0.2) is 15.5 Å². The maximum atomic E-state index is 13.0. The van der Waals surface area contributed by atoms with Crippen LogP contribution in [0.3, 0.4) is 0 Å². The Morgan fingerprint density at radius 3 is 2.75 bits per heavy atom. The number of fused-ring (bicyclic) bond motifs is 1. The lowest BCUT2D eigenvalue weighted by Crippen LogP contribution is -2.15. The lowest BCUT2D eigenvalue weighted by molar-refractivity contribution is 0.102. The monoisotopic (exact) mass is 370 g/mol. The molecule has 140 valence electrons. The van der Waals surface area contributed by atoms with Crippen molar-refractivity contribution in [3.05, 3.63) is 71.0 Å². The zero-order valence-electron chi connectivity index (χ0n) is 15.9. The number of carbonyl (C=O) groups excluding carboxylic acids is 1. The van der Waals surface area contributed by atoms with E-state index in [1.54, 1.807) is 24.3 Å². The molecular weight excluding hydrogens is 348 g/mol. The van der Waals surface area contributed by atoms with E-state index < -0.39 is 0 Å². The third kappa shape index (κ3) is 3.54. The van der Waals surface area contributed by atoms with Gasteiger partial charge in [0, 0.05) is 17.8 Å². The number of amides is 1. The average Bonchev–Trinajstić information content (AvgIpc) is 2.90. The van der Waals surface area contributed by atoms with Crippen LogP contribution in [0.15, 0.2) is 48.5 Å². The number of carbonyl (C=O) groups is 1. The predicted molar refractivity (Wildman–Crippen MR) is 109 cm³/mol. The van der Waals surface area contributed by atoms with E-state index in [2.05, 4.69) is 47.1 Å². The quantitative estimate of drug-likeness (QED) is 0.726. The summed E-state index contributed by atoms with van der Waals surface area (Å²) in [6.45, 7) is 2.94. The molecular formula is C23H22N4O. The first-order valence-electron chi connectivity index (χ1n) is 9.63. The van der Waals surface area contributed by atoms with Gasteiger partial charge in [-0.25, -0.2) is 4.98 Å². The maximum absolute atomic E-state index is 13.0. The predicted octanol–water partition coefficient (Wildman–Crippen LogP) is 4.71. The fourth-order valence-electron chi connectivity index (χ4n) is 3.68. The number of aromatic nitrogens is 2. The minimum Gasteiger partial charge on any atom is -0.327 e. The Kier molecular flexibility index (Phi) is 4.94. The van der Waals surface area contributed by atoms with E-state index in [0.717, 1.165) is 49.3 Å². The standard InChI is InChI=1S/C23H22N4O/c1-16-9-11-18(12-10-16)22-26-21(20-8-3-2-4-13-27(20)22)23(28)25-19-7-5-6-17(14-19)15-24/h5-7,9-12,14H,2-4,8,13H2,1H3,(H,25,28). The van der Waals surface area contributed by atoms with Gasteiger partial charge in [0.15, 0.2) is 0 Å². The summed E-state index contributed by atoms with van der Waals surface area (Å²) < 4.78 is 2.21. The van der Waals surface area contributed by atoms with Crippen LogP contribution in [-0.2, 0) is 13.0 Å². The molecule has 0 aliphatic carbocycles. The second-order valence-corrected chi connectivity index (χ2v) is 7.21. The number of hydrogen-bond acceptors (Lipinski definition) is 3. The fraction of sp³-hybridized carbons (Fsp3) is 0.261. The summed E-state index contributed by atoms with van der Waals surface area (Å²) in [5.41, 5.74) is 4.83. The molecule has 0 saturated carbocycles. The van der Waals surface area contributed by atoms with Crippen LogP contribution in [0.5, 0.6) is 0 Å². The van der Waals surface area contributed by atoms with Crippen molar-refractivity contribution in [1.29, 1.82) is 5.26 Å². The second kappa shape index (κ2) is 7.69. The van der Waals surface area contributed by atoms with E-state index in [0.29, 0.717) is 16.9 Å². The molecule has 4 rings (SSSR count). The van der Waals surface area contributed by atoms with Gasteiger partial charge >= 0.3 is 0 Å². The Morgan fingerprint density at radius 2 is 1.96 bits per heavy atom. The molecule has 0 saturated heterocycles. The van der Waals surface area contributed by atoms with E-state index in [-0.39, 0.29) is 5.91 Å². The van der Waals surface area contributed by atoms with E-state index in [4.69, 9.17) is 10.2 Å². The lowest BCUT2D eigenvalue weighted by Gasteiger charge is -2.09. The molecule has 0 radical (unpaired) electrons. The van der Waals surface area contributed by atoms with Crippen LogP contribution in [0.4, 0.5) is 5.69 Å². The molecule has 0 fully saturated rings. The van der Waals surface area contributed by atoms with Gasteiger partial charge in [0.05, 0.1) is 17.3 Å². The van der Waals surface area contributed by atoms with Gasteiger partial charge in [-0.2, -0.15) is 5.26 Å². The first kappa shape index (κ1) is 18.0. The number of nitrogens with zero attached hydrogens (tertiary/aromatic N) is 3. The van der Waals surface area contributed by atoms with Crippen molar-refractivity contribution < 1.29 is 4.79 Å². The first-order valence-corrected chi connectivity index (χ1v) is 9.63. The maximum Gasteiger partial charge on any atom is 0.276 e. The van der Waals surface area contributed by atoms with E-state index >= 15 is 0 Å². The van der Waals surface area contributed by atoms with Crippen LogP contribution < -0.4 is 5.32 Å². The Labute approximate surface area is 164 Å². The summed E-state index contributed by atoms with van der Waals surface area (Å²) in [5, 5.41) is 12.0. The lowest BCUT2D eigenvalue weighted by atomic mass is 10.1. The van der Waals surface area contributed by atoms with Crippen molar-refractivity contribution in [2.75, 3.05) is 5.32 Å². The molecule has 1 N–H and O–H groups in total. The van der Waals surface area contributed by atoms with Crippen molar-refractivity contribution in [1.82, 2.24) is 9.55 Å². The van der Waals surface area contributed by atoms with Crippen LogP contribution >= 0.6 is 0 Å². The smallest absolute Gasteiger partial charge is 0.276 e. The Morgan fingerprint density at radius 1 is 1.14 bits per heavy atom. The number of imidazole rings is 1. The minimum absolute atomic E-state index is 0.223. The molecule has 1 amide bonds. The number of hydrogen-bond donors (Lipinski definition) is 1. The van der Waals surface area contributed by atoms with Crippen LogP contribution in [0.1, 0.15) is 46.6 Å². The van der Waals surface area contributed by atoms with Gasteiger partial charge in [-0.05, 0) is 44.4 Å². The summed E-state index contributed by atoms with van der Waals surface area (Å²) in [6, 6.07) is 17.3. The number of benzene rings is 2. The summed E-state index contributed by atoms with van der Waals surface area (Å²) in [7, 11) is 0. The number of aryl methyl sites for hydroxylation is 1. The molecule has 0 spiro atoms. The van der Waals surface area contributed by atoms with Crippen molar-refractivity contribution in [3.63, 3.8) is 0 Å². The second-order valence-electron chi connectivity index (χ2n) is 7.21. The molecule has 2 aromatic carbocycles. The van der Waals surface area contributed by atoms with E-state index in [1.807, 2.05) is 0 Å². The molecule has 0 bridgehead atoms. The molecule has 0 atom stereocenters. The van der Waals surface area contributed by atoms with E-state index in [9.17, 15) is 4.79 Å². The molecule has 1 aliphatic heterocycles. The summed E-state index contributed by atoms with van der Waals surface area (Å²) in [5.74, 6) is 0.631. The van der Waals surface area contributed by atoms with Crippen LogP contribution in [0.25, 0.3) is 11.4 Å². The summed E-state index contributed by atoms with van der Waals surface area (Å²) in [6.07, 6.45) is 4.15. The molecule has 3 aromatic rings. The zero-order chi connectivity index (χ0) is 19.5. The van der Waals surface area contributed by atoms with Gasteiger partial charge in [0.2, 0.25) is 0 Å². The highest BCUT2D eigenvalue weighted by Gasteiger charge is 2.24. The largest absolute Gasteiger partial charge is 0.327 e. The minimum atomic E-state index is -0.223. The van der Waals surface area contributed by atoms with Gasteiger partial charge in [0.1, 0.15) is 11.5 Å². The molecule has 28 heavy (non-hydrogen) atoms. The van der Waals surface area contributed by atoms with Crippen molar-refractivity contribution in [2.24, 2.45) is 0 Å². The topological polar surface area (TPSA) is 70.7 Å². The number of anilines is 1. The van der Waals surface area contributed by atoms with Gasteiger partial charge in [0.25, 0.3) is 5.91 Å². The molecule has 2 heterocycles. The SMILES string of the molecule is Cc1ccc(-c2nc(C(=O)Nc3cccc(C#N)c3)c3n2CCCCC3)cc1. The number of nitrogens with one attached hydrogen (secondary N) is 1. The Balaban J connectivity index is 1.73. The van der Waals surface area contributed by atoms with Crippen LogP contribution in [0.2, 0.25) is 0 Å². The average molecular weight is 370 g/mol. The highest BCUT2D eigenvalue weighted by atomic mass is 16.1. The van der Waals surface area contributed by atoms with Crippen molar-refractivity contribution in [3.8, 4) is 17.5 Å². The Hall–Kier alpha value is -3.39. The van der Waals surface area contributed by atoms with Crippen molar-refractivity contribution >= 4 is 11.6 Å². The molecule has 5 nitrogen and oxygen atoms in total. The van der Waals surface area contributed by atoms with Crippen molar-refractivity contribution in [2.45, 2.75) is 39.2 Å². The van der Waals surface area contributed by atoms with E-state index in [1.165, 1.54) is 5.56 Å². The van der Waals surface area contributed by atoms with Gasteiger partial charge in [-0.3, -0.25) is 4.79 Å². The van der Waals surface area contributed by atoms with Gasteiger partial charge in [-0.1, -0.05) is 42.3 Å². The third-order valence-corrected chi connectivity index (χ3v) is 5.14. The van der Waals surface area contributed by atoms with Gasteiger partial charge in [-0.15, -0.1) is 0 Å².